The fourth-order valence-corrected chi connectivity index (χ4v) is 5.07. The Morgan fingerprint density at radius 2 is 1.72 bits per heavy atom. The summed E-state index contributed by atoms with van der Waals surface area (Å²) in [6, 6.07) is 2.11. The zero-order chi connectivity index (χ0) is 21.1. The van der Waals surface area contributed by atoms with Crippen LogP contribution in [0.4, 0.5) is 0 Å². The largest absolute Gasteiger partial charge is 0.456 e. The van der Waals surface area contributed by atoms with Crippen molar-refractivity contribution in [2.75, 3.05) is 13.2 Å². The highest BCUT2D eigenvalue weighted by Gasteiger charge is 2.52. The first kappa shape index (κ1) is 21.3. The van der Waals surface area contributed by atoms with Crippen LogP contribution in [-0.4, -0.2) is 60.5 Å². The van der Waals surface area contributed by atoms with E-state index in [2.05, 4.69) is 43.8 Å². The fourth-order valence-electron chi connectivity index (χ4n) is 3.47. The zero-order valence-electron chi connectivity index (χ0n) is 17.5. The minimum Gasteiger partial charge on any atom is -0.456 e. The van der Waals surface area contributed by atoms with Gasteiger partial charge in [-0.3, -0.25) is 4.57 Å². The molecule has 0 saturated carbocycles. The molecule has 0 spiro atoms. The van der Waals surface area contributed by atoms with Crippen molar-refractivity contribution in [1.82, 2.24) is 14.5 Å². The van der Waals surface area contributed by atoms with Gasteiger partial charge in [-0.2, -0.15) is 4.98 Å². The highest BCUT2D eigenvalue weighted by atomic mass is 35.5. The number of ether oxygens (including phenoxy) is 3. The molecule has 2 aromatic heterocycles. The Morgan fingerprint density at radius 3 is 2.38 bits per heavy atom. The van der Waals surface area contributed by atoms with Crippen LogP contribution < -0.4 is 4.74 Å². The molecule has 0 radical (unpaired) electrons. The molecule has 2 aliphatic heterocycles. The van der Waals surface area contributed by atoms with Gasteiger partial charge in [0.1, 0.15) is 22.9 Å². The second-order valence-corrected chi connectivity index (χ2v) is 14.7. The van der Waals surface area contributed by atoms with Crippen LogP contribution in [0.3, 0.4) is 0 Å². The molecule has 2 saturated heterocycles. The van der Waals surface area contributed by atoms with Gasteiger partial charge in [-0.25, -0.2) is 4.98 Å². The standard InChI is InChI=1S/C19H27Cl2N3O4Si/c1-19(2,3)29(5,6)28-13-9-26-14-12(8-25-15(13)14)27-18-22-11-7-10(20)16(21)23-17(11)24(18)4/h7,12-15H,8-9H2,1-6H3/t12-,13-,14-,15-/m1/s1. The molecule has 10 heteroatoms. The van der Waals surface area contributed by atoms with E-state index in [9.17, 15) is 0 Å². The number of pyridine rings is 1. The van der Waals surface area contributed by atoms with Crippen LogP contribution in [0, 0.1) is 0 Å². The summed E-state index contributed by atoms with van der Waals surface area (Å²) in [4.78, 5) is 8.79. The highest BCUT2D eigenvalue weighted by molar-refractivity contribution is 6.74. The maximum absolute atomic E-state index is 6.55. The topological polar surface area (TPSA) is 67.6 Å². The number of imidazole rings is 1. The zero-order valence-corrected chi connectivity index (χ0v) is 20.0. The molecule has 2 aliphatic rings. The van der Waals surface area contributed by atoms with E-state index in [-0.39, 0.29) is 34.6 Å². The highest BCUT2D eigenvalue weighted by Crippen LogP contribution is 2.40. The molecule has 4 atom stereocenters. The summed E-state index contributed by atoms with van der Waals surface area (Å²) in [5.74, 6) is 0. The molecular formula is C19H27Cl2N3O4Si. The number of hydrogen-bond acceptors (Lipinski definition) is 6. The lowest BCUT2D eigenvalue weighted by molar-refractivity contribution is 0.0106. The summed E-state index contributed by atoms with van der Waals surface area (Å²) in [6.45, 7) is 12.1. The summed E-state index contributed by atoms with van der Waals surface area (Å²) in [6.07, 6.45) is -0.667. The Balaban J connectivity index is 1.49. The van der Waals surface area contributed by atoms with Crippen LogP contribution >= 0.6 is 23.2 Å². The summed E-state index contributed by atoms with van der Waals surface area (Å²) in [5.41, 5.74) is 1.23. The SMILES string of the molecule is Cn1c(O[C@@H]2CO[C@H]3[C@@H]2OC[C@H]3O[Si](C)(C)C(C)(C)C)nc2cc(Cl)c(Cl)nc21. The van der Waals surface area contributed by atoms with E-state index in [1.54, 1.807) is 10.6 Å². The van der Waals surface area contributed by atoms with Crippen molar-refractivity contribution in [3.8, 4) is 6.01 Å². The first-order valence-corrected chi connectivity index (χ1v) is 13.4. The van der Waals surface area contributed by atoms with Crippen molar-refractivity contribution < 1.29 is 18.6 Å². The molecule has 0 aliphatic carbocycles. The Kier molecular flexibility index (Phi) is 5.41. The molecule has 4 rings (SSSR count). The normalized spacial score (nSPS) is 27.6. The predicted molar refractivity (Wildman–Crippen MR) is 114 cm³/mol. The number of aryl methyl sites for hydroxylation is 1. The lowest BCUT2D eigenvalue weighted by atomic mass is 10.1. The number of halogens is 2. The summed E-state index contributed by atoms with van der Waals surface area (Å²) >= 11 is 12.1. The molecule has 29 heavy (non-hydrogen) atoms. The second kappa shape index (κ2) is 7.35. The number of rotatable bonds is 4. The van der Waals surface area contributed by atoms with Crippen LogP contribution in [0.1, 0.15) is 20.8 Å². The minimum absolute atomic E-state index is 0.0748. The van der Waals surface area contributed by atoms with Gasteiger partial charge in [-0.05, 0) is 24.2 Å². The fraction of sp³-hybridized carbons (Fsp3) is 0.684. The molecule has 4 heterocycles. The predicted octanol–water partition coefficient (Wildman–Crippen LogP) is 4.21. The number of hydrogen-bond donors (Lipinski definition) is 0. The van der Waals surface area contributed by atoms with E-state index < -0.39 is 8.32 Å². The van der Waals surface area contributed by atoms with Crippen molar-refractivity contribution >= 4 is 42.7 Å². The van der Waals surface area contributed by atoms with E-state index in [1.165, 1.54) is 0 Å². The third-order valence-corrected chi connectivity index (χ3v) is 11.4. The molecular weight excluding hydrogens is 433 g/mol. The van der Waals surface area contributed by atoms with Crippen LogP contribution in [0.2, 0.25) is 28.3 Å². The van der Waals surface area contributed by atoms with Gasteiger partial charge in [0.2, 0.25) is 0 Å². The molecule has 2 fully saturated rings. The maximum atomic E-state index is 6.55. The van der Waals surface area contributed by atoms with E-state index in [1.807, 2.05) is 7.05 Å². The summed E-state index contributed by atoms with van der Waals surface area (Å²) in [5, 5.41) is 0.725. The average Bonchev–Trinajstić information content (AvgIpc) is 3.26. The van der Waals surface area contributed by atoms with Gasteiger partial charge < -0.3 is 18.6 Å². The van der Waals surface area contributed by atoms with Crippen molar-refractivity contribution in [2.24, 2.45) is 7.05 Å². The minimum atomic E-state index is -1.92. The molecule has 0 unspecified atom stereocenters. The molecule has 2 aromatic rings. The molecule has 0 bridgehead atoms. The molecule has 0 aromatic carbocycles. The Morgan fingerprint density at radius 1 is 1.10 bits per heavy atom. The molecule has 0 amide bonds. The van der Waals surface area contributed by atoms with E-state index >= 15 is 0 Å². The van der Waals surface area contributed by atoms with E-state index in [4.69, 9.17) is 41.8 Å². The van der Waals surface area contributed by atoms with Crippen LogP contribution in [0.5, 0.6) is 6.01 Å². The van der Waals surface area contributed by atoms with Gasteiger partial charge >= 0.3 is 0 Å². The van der Waals surface area contributed by atoms with Gasteiger partial charge in [0, 0.05) is 7.05 Å². The van der Waals surface area contributed by atoms with E-state index in [0.717, 1.165) is 0 Å². The lowest BCUT2D eigenvalue weighted by Gasteiger charge is -2.39. The molecule has 7 nitrogen and oxygen atoms in total. The van der Waals surface area contributed by atoms with Crippen molar-refractivity contribution in [3.63, 3.8) is 0 Å². The van der Waals surface area contributed by atoms with Gasteiger partial charge in [-0.15, -0.1) is 0 Å². The van der Waals surface area contributed by atoms with Gasteiger partial charge in [-0.1, -0.05) is 44.0 Å². The Labute approximate surface area is 181 Å². The van der Waals surface area contributed by atoms with E-state index in [0.29, 0.717) is 35.4 Å². The van der Waals surface area contributed by atoms with Gasteiger partial charge in [0.15, 0.2) is 20.1 Å². The molecule has 0 N–H and O–H groups in total. The van der Waals surface area contributed by atoms with Crippen LogP contribution in [-0.2, 0) is 20.9 Å². The smallest absolute Gasteiger partial charge is 0.298 e. The quantitative estimate of drug-likeness (QED) is 0.503. The van der Waals surface area contributed by atoms with Crippen molar-refractivity contribution in [3.05, 3.63) is 16.2 Å². The Hall–Kier alpha value is -0.903. The number of fused-ring (bicyclic) bond motifs is 2. The first-order chi connectivity index (χ1) is 13.5. The first-order valence-electron chi connectivity index (χ1n) is 9.74. The lowest BCUT2D eigenvalue weighted by Crippen LogP contribution is -2.47. The summed E-state index contributed by atoms with van der Waals surface area (Å²) in [7, 11) is -0.0911. The van der Waals surface area contributed by atoms with Gasteiger partial charge in [0.25, 0.3) is 6.01 Å². The molecule has 160 valence electrons. The Bertz CT molecular complexity index is 930. The van der Waals surface area contributed by atoms with Crippen LogP contribution in [0.15, 0.2) is 6.07 Å². The maximum Gasteiger partial charge on any atom is 0.298 e. The van der Waals surface area contributed by atoms with Crippen molar-refractivity contribution in [1.29, 1.82) is 0 Å². The monoisotopic (exact) mass is 459 g/mol. The summed E-state index contributed by atoms with van der Waals surface area (Å²) < 4.78 is 26.5. The van der Waals surface area contributed by atoms with Crippen molar-refractivity contribution in [2.45, 2.75) is 63.3 Å². The number of nitrogens with zero attached hydrogens (tertiary/aromatic N) is 3. The third-order valence-electron chi connectivity index (χ3n) is 6.19. The number of aromatic nitrogens is 3. The average molecular weight is 460 g/mol. The van der Waals surface area contributed by atoms with Gasteiger partial charge in [0.05, 0.1) is 24.3 Å². The third kappa shape index (κ3) is 3.79. The van der Waals surface area contributed by atoms with Crippen LogP contribution in [0.25, 0.3) is 11.2 Å². The second-order valence-electron chi connectivity index (χ2n) is 9.23.